The van der Waals surface area contributed by atoms with E-state index in [9.17, 15) is 18.0 Å². The highest BCUT2D eigenvalue weighted by atomic mass is 32.2. The van der Waals surface area contributed by atoms with E-state index in [1.54, 1.807) is 35.2 Å². The number of morpholine rings is 1. The van der Waals surface area contributed by atoms with Crippen LogP contribution in [0, 0.1) is 5.92 Å². The molecule has 1 aliphatic heterocycles. The maximum Gasteiger partial charge on any atom is 0.318 e. The molecule has 37 heavy (non-hydrogen) atoms. The van der Waals surface area contributed by atoms with Gasteiger partial charge in [-0.15, -0.1) is 0 Å². The molecular weight excluding hydrogens is 490 g/mol. The molecule has 2 aromatic rings. The Morgan fingerprint density at radius 2 is 1.54 bits per heavy atom. The molecule has 1 aliphatic rings. The summed E-state index contributed by atoms with van der Waals surface area (Å²) in [5, 5.41) is 5.96. The molecule has 0 unspecified atom stereocenters. The van der Waals surface area contributed by atoms with E-state index in [1.807, 2.05) is 44.2 Å². The van der Waals surface area contributed by atoms with Crippen LogP contribution in [0.5, 0.6) is 0 Å². The summed E-state index contributed by atoms with van der Waals surface area (Å²) in [6, 6.07) is 16.9. The Morgan fingerprint density at radius 3 is 2.16 bits per heavy atom. The number of nitrogens with one attached hydrogen (secondary N) is 2. The van der Waals surface area contributed by atoms with Gasteiger partial charge in [0.25, 0.3) is 0 Å². The Morgan fingerprint density at radius 1 is 0.919 bits per heavy atom. The second-order valence-electron chi connectivity index (χ2n) is 9.88. The maximum absolute atomic E-state index is 13.4. The first-order chi connectivity index (χ1) is 17.7. The fraction of sp³-hybridized carbons (Fsp3) is 0.500. The number of nitrogens with zero attached hydrogens (tertiary/aromatic N) is 1. The Bertz CT molecular complexity index is 1090. The van der Waals surface area contributed by atoms with Crippen molar-refractivity contribution in [3.8, 4) is 0 Å². The van der Waals surface area contributed by atoms with Gasteiger partial charge < -0.3 is 20.3 Å². The molecule has 8 nitrogen and oxygen atoms in total. The first kappa shape index (κ1) is 28.7. The van der Waals surface area contributed by atoms with Crippen LogP contribution in [0.15, 0.2) is 65.6 Å². The van der Waals surface area contributed by atoms with Crippen molar-refractivity contribution >= 4 is 21.8 Å². The number of rotatable bonds is 12. The van der Waals surface area contributed by atoms with Crippen LogP contribution in [0.3, 0.4) is 0 Å². The van der Waals surface area contributed by atoms with Crippen LogP contribution in [0.2, 0.25) is 0 Å². The van der Waals surface area contributed by atoms with Crippen LogP contribution in [-0.4, -0.2) is 69.4 Å². The van der Waals surface area contributed by atoms with Gasteiger partial charge in [-0.05, 0) is 49.3 Å². The minimum absolute atomic E-state index is 0.0776. The molecule has 0 radical (unpaired) electrons. The zero-order valence-electron chi connectivity index (χ0n) is 21.8. The van der Waals surface area contributed by atoms with Gasteiger partial charge in [-0.25, -0.2) is 13.2 Å². The predicted octanol–water partition coefficient (Wildman–Crippen LogP) is 3.42. The summed E-state index contributed by atoms with van der Waals surface area (Å²) in [4.78, 5) is 28.1. The van der Waals surface area contributed by atoms with Gasteiger partial charge >= 0.3 is 6.03 Å². The Kier molecular flexibility index (Phi) is 11.0. The molecule has 0 aromatic heterocycles. The normalized spacial score (nSPS) is 15.7. The number of benzene rings is 2. The van der Waals surface area contributed by atoms with Crippen LogP contribution in [-0.2, 0) is 25.8 Å². The molecule has 1 fully saturated rings. The van der Waals surface area contributed by atoms with Crippen molar-refractivity contribution in [1.82, 2.24) is 15.5 Å². The van der Waals surface area contributed by atoms with Crippen molar-refractivity contribution in [1.29, 1.82) is 0 Å². The van der Waals surface area contributed by atoms with E-state index in [2.05, 4.69) is 10.6 Å². The van der Waals surface area contributed by atoms with Gasteiger partial charge in [0.05, 0.1) is 23.9 Å². The van der Waals surface area contributed by atoms with Crippen LogP contribution in [0.25, 0.3) is 0 Å². The summed E-state index contributed by atoms with van der Waals surface area (Å²) in [5.74, 6) is -0.182. The van der Waals surface area contributed by atoms with Crippen molar-refractivity contribution in [3.05, 3.63) is 66.2 Å². The largest absolute Gasteiger partial charge is 0.378 e. The summed E-state index contributed by atoms with van der Waals surface area (Å²) < 4.78 is 31.1. The minimum Gasteiger partial charge on any atom is -0.378 e. The van der Waals surface area contributed by atoms with Crippen molar-refractivity contribution < 1.29 is 22.7 Å². The summed E-state index contributed by atoms with van der Waals surface area (Å²) in [6.07, 6.45) is 2.05. The molecule has 3 rings (SSSR count). The van der Waals surface area contributed by atoms with Crippen molar-refractivity contribution in [2.75, 3.05) is 32.1 Å². The number of ether oxygens (including phenoxy) is 1. The zero-order chi connectivity index (χ0) is 26.7. The van der Waals surface area contributed by atoms with E-state index in [4.69, 9.17) is 4.74 Å². The minimum atomic E-state index is -3.49. The highest BCUT2D eigenvalue weighted by Crippen LogP contribution is 2.15. The third-order valence-corrected chi connectivity index (χ3v) is 8.19. The quantitative estimate of drug-likeness (QED) is 0.438. The lowest BCUT2D eigenvalue weighted by Crippen LogP contribution is -2.55. The molecule has 3 amide bonds. The average molecular weight is 530 g/mol. The molecule has 2 aromatic carbocycles. The van der Waals surface area contributed by atoms with Crippen molar-refractivity contribution in [3.63, 3.8) is 0 Å². The Labute approximate surface area is 220 Å². The highest BCUT2D eigenvalue weighted by Gasteiger charge is 2.28. The van der Waals surface area contributed by atoms with Gasteiger partial charge in [-0.1, -0.05) is 62.4 Å². The van der Waals surface area contributed by atoms with Crippen LogP contribution >= 0.6 is 0 Å². The molecular formula is C28H39N3O5S. The number of urea groups is 1. The van der Waals surface area contributed by atoms with Crippen molar-refractivity contribution in [2.45, 2.75) is 56.5 Å². The highest BCUT2D eigenvalue weighted by molar-refractivity contribution is 7.91. The van der Waals surface area contributed by atoms with Gasteiger partial charge in [0, 0.05) is 19.1 Å². The molecule has 0 bridgehead atoms. The Balaban J connectivity index is 1.69. The van der Waals surface area contributed by atoms with Gasteiger partial charge in [0.1, 0.15) is 6.04 Å². The lowest BCUT2D eigenvalue weighted by molar-refractivity contribution is -0.124. The zero-order valence-corrected chi connectivity index (χ0v) is 22.6. The lowest BCUT2D eigenvalue weighted by Gasteiger charge is -2.30. The van der Waals surface area contributed by atoms with E-state index in [0.717, 1.165) is 5.56 Å². The van der Waals surface area contributed by atoms with E-state index < -0.39 is 15.9 Å². The number of aryl methyl sites for hydroxylation is 1. The molecule has 202 valence electrons. The molecule has 2 atom stereocenters. The smallest absolute Gasteiger partial charge is 0.318 e. The van der Waals surface area contributed by atoms with Gasteiger partial charge in [-0.3, -0.25) is 4.79 Å². The van der Waals surface area contributed by atoms with Crippen LogP contribution in [0.4, 0.5) is 4.79 Å². The summed E-state index contributed by atoms with van der Waals surface area (Å²) in [5.41, 5.74) is 1.12. The first-order valence-corrected chi connectivity index (χ1v) is 14.6. The average Bonchev–Trinajstić information content (AvgIpc) is 2.91. The summed E-state index contributed by atoms with van der Waals surface area (Å²) in [6.45, 7) is 5.93. The van der Waals surface area contributed by atoms with E-state index in [1.165, 1.54) is 0 Å². The fourth-order valence-corrected chi connectivity index (χ4v) is 5.73. The number of carbonyl (C=O) groups is 2. The number of sulfone groups is 1. The number of amides is 3. The monoisotopic (exact) mass is 529 g/mol. The van der Waals surface area contributed by atoms with Crippen molar-refractivity contribution in [2.24, 2.45) is 5.92 Å². The Hall–Kier alpha value is -2.91. The van der Waals surface area contributed by atoms with Crippen LogP contribution in [0.1, 0.15) is 38.7 Å². The standard InChI is InChI=1S/C28H39N3O5S/c1-22(2)21-26(30-28(33)31-16-18-36-19-17-31)27(32)29-24(14-13-23-9-5-3-6-10-23)15-20-37(34,35)25-11-7-4-8-12-25/h3-12,22,24,26H,13-21H2,1-2H3,(H,29,32)(H,30,33)/t24-,26-/m0/s1. The molecule has 0 saturated carbocycles. The van der Waals surface area contributed by atoms with Crippen LogP contribution < -0.4 is 10.6 Å². The first-order valence-electron chi connectivity index (χ1n) is 13.0. The number of hydrogen-bond donors (Lipinski definition) is 2. The summed E-state index contributed by atoms with van der Waals surface area (Å²) in [7, 11) is -3.49. The maximum atomic E-state index is 13.4. The number of carbonyl (C=O) groups excluding carboxylic acids is 2. The second-order valence-corrected chi connectivity index (χ2v) is 12.0. The molecule has 0 spiro atoms. The fourth-order valence-electron chi connectivity index (χ4n) is 4.33. The topological polar surface area (TPSA) is 105 Å². The summed E-state index contributed by atoms with van der Waals surface area (Å²) >= 11 is 0. The van der Waals surface area contributed by atoms with E-state index in [-0.39, 0.29) is 41.0 Å². The SMILES string of the molecule is CC(C)C[C@H](NC(=O)N1CCOCC1)C(=O)N[C@@H](CCc1ccccc1)CCS(=O)(=O)c1ccccc1. The molecule has 1 saturated heterocycles. The molecule has 0 aliphatic carbocycles. The third kappa shape index (κ3) is 9.48. The predicted molar refractivity (Wildman–Crippen MR) is 144 cm³/mol. The third-order valence-electron chi connectivity index (χ3n) is 6.43. The molecule has 1 heterocycles. The van der Waals surface area contributed by atoms with Gasteiger partial charge in [-0.2, -0.15) is 0 Å². The van der Waals surface area contributed by atoms with E-state index >= 15 is 0 Å². The molecule has 9 heteroatoms. The second kappa shape index (κ2) is 14.1. The number of hydrogen-bond acceptors (Lipinski definition) is 5. The van der Waals surface area contributed by atoms with E-state index in [0.29, 0.717) is 45.6 Å². The van der Waals surface area contributed by atoms with Gasteiger partial charge in [0.2, 0.25) is 5.91 Å². The lowest BCUT2D eigenvalue weighted by atomic mass is 10.0. The van der Waals surface area contributed by atoms with Gasteiger partial charge in [0.15, 0.2) is 9.84 Å². The molecule has 2 N–H and O–H groups in total.